The molecule has 0 aromatic heterocycles. The topological polar surface area (TPSA) is 72.5 Å². The molecule has 27 heavy (non-hydrogen) atoms. The number of alkyl halides is 3. The van der Waals surface area contributed by atoms with Crippen LogP contribution in [-0.2, 0) is 26.5 Å². The van der Waals surface area contributed by atoms with Crippen LogP contribution in [0.5, 0.6) is 0 Å². The Labute approximate surface area is 156 Å². The highest BCUT2D eigenvalue weighted by atomic mass is 32.2. The number of esters is 1. The van der Waals surface area contributed by atoms with Crippen LogP contribution in [0, 0.1) is 0 Å². The van der Waals surface area contributed by atoms with E-state index in [1.807, 2.05) is 0 Å². The van der Waals surface area contributed by atoms with Crippen LogP contribution in [0.3, 0.4) is 0 Å². The van der Waals surface area contributed by atoms with Crippen molar-refractivity contribution in [3.63, 3.8) is 0 Å². The molecule has 2 aromatic rings. The molecule has 0 spiro atoms. The molecule has 0 unspecified atom stereocenters. The second kappa shape index (κ2) is 8.34. The van der Waals surface area contributed by atoms with E-state index in [1.165, 1.54) is 31.4 Å². The highest BCUT2D eigenvalue weighted by Gasteiger charge is 2.30. The SMILES string of the molecule is C[C@@H](OC(=O)c1ccccc1[S@](C)=O)C(=O)Nc1cccc(C(F)(F)F)c1. The number of carbonyl (C=O) groups excluding carboxylic acids is 2. The number of benzene rings is 2. The van der Waals surface area contributed by atoms with Gasteiger partial charge in [0.2, 0.25) is 0 Å². The normalized spacial score (nSPS) is 13.5. The molecule has 9 heteroatoms. The second-order valence-corrected chi connectivity index (χ2v) is 6.91. The number of anilines is 1. The Kier molecular flexibility index (Phi) is 6.37. The van der Waals surface area contributed by atoms with Crippen molar-refractivity contribution < 1.29 is 31.7 Å². The molecule has 0 fully saturated rings. The van der Waals surface area contributed by atoms with Crippen molar-refractivity contribution in [1.82, 2.24) is 0 Å². The minimum atomic E-state index is -4.54. The van der Waals surface area contributed by atoms with Gasteiger partial charge in [-0.1, -0.05) is 18.2 Å². The zero-order valence-corrected chi connectivity index (χ0v) is 15.2. The van der Waals surface area contributed by atoms with Gasteiger partial charge in [-0.05, 0) is 37.3 Å². The lowest BCUT2D eigenvalue weighted by Crippen LogP contribution is -2.30. The maximum absolute atomic E-state index is 12.7. The third kappa shape index (κ3) is 5.40. The maximum atomic E-state index is 12.7. The monoisotopic (exact) mass is 399 g/mol. The molecule has 0 aliphatic rings. The smallest absolute Gasteiger partial charge is 0.416 e. The van der Waals surface area contributed by atoms with Gasteiger partial charge in [0.25, 0.3) is 5.91 Å². The van der Waals surface area contributed by atoms with Gasteiger partial charge in [-0.2, -0.15) is 13.2 Å². The van der Waals surface area contributed by atoms with E-state index in [0.29, 0.717) is 0 Å². The van der Waals surface area contributed by atoms with Crippen LogP contribution in [0.4, 0.5) is 18.9 Å². The van der Waals surface area contributed by atoms with E-state index in [0.717, 1.165) is 18.2 Å². The van der Waals surface area contributed by atoms with Crippen LogP contribution in [0.15, 0.2) is 53.4 Å². The molecule has 1 N–H and O–H groups in total. The van der Waals surface area contributed by atoms with Crippen molar-refractivity contribution in [2.24, 2.45) is 0 Å². The fourth-order valence-electron chi connectivity index (χ4n) is 2.18. The quantitative estimate of drug-likeness (QED) is 0.780. The number of hydrogen-bond acceptors (Lipinski definition) is 4. The molecule has 0 bridgehead atoms. The minimum absolute atomic E-state index is 0.0528. The zero-order valence-electron chi connectivity index (χ0n) is 14.4. The molecule has 0 aliphatic carbocycles. The Morgan fingerprint density at radius 3 is 2.41 bits per heavy atom. The standard InChI is InChI=1S/C18H16F3NO4S/c1-11(26-17(24)14-8-3-4-9-15(14)27(2)25)16(23)22-13-7-5-6-12(10-13)18(19,20)21/h3-11H,1-2H3,(H,22,23)/t11-,27+/m1/s1. The van der Waals surface area contributed by atoms with Crippen molar-refractivity contribution in [3.05, 3.63) is 59.7 Å². The number of ether oxygens (including phenoxy) is 1. The summed E-state index contributed by atoms with van der Waals surface area (Å²) in [7, 11) is -1.44. The van der Waals surface area contributed by atoms with E-state index in [1.54, 1.807) is 12.1 Å². The zero-order chi connectivity index (χ0) is 20.2. The summed E-state index contributed by atoms with van der Waals surface area (Å²) in [6, 6.07) is 10.2. The van der Waals surface area contributed by atoms with Crippen LogP contribution < -0.4 is 5.32 Å². The first-order chi connectivity index (χ1) is 12.6. The lowest BCUT2D eigenvalue weighted by Gasteiger charge is -2.15. The molecule has 0 aliphatic heterocycles. The van der Waals surface area contributed by atoms with E-state index in [9.17, 15) is 27.0 Å². The summed E-state index contributed by atoms with van der Waals surface area (Å²) in [5.74, 6) is -1.65. The molecule has 0 saturated carbocycles. The average molecular weight is 399 g/mol. The number of amides is 1. The lowest BCUT2D eigenvalue weighted by atomic mass is 10.2. The number of hydrogen-bond donors (Lipinski definition) is 1. The fraction of sp³-hybridized carbons (Fsp3) is 0.222. The van der Waals surface area contributed by atoms with Gasteiger partial charge in [0.1, 0.15) is 0 Å². The van der Waals surface area contributed by atoms with E-state index in [4.69, 9.17) is 4.74 Å². The fourth-order valence-corrected chi connectivity index (χ4v) is 2.91. The number of rotatable bonds is 5. The predicted octanol–water partition coefficient (Wildman–Crippen LogP) is 3.63. The molecule has 144 valence electrons. The third-order valence-electron chi connectivity index (χ3n) is 3.53. The van der Waals surface area contributed by atoms with Gasteiger partial charge in [-0.15, -0.1) is 0 Å². The van der Waals surface area contributed by atoms with Gasteiger partial charge in [-0.3, -0.25) is 9.00 Å². The van der Waals surface area contributed by atoms with Crippen LogP contribution in [0.25, 0.3) is 0 Å². The molecule has 0 heterocycles. The molecular weight excluding hydrogens is 383 g/mol. The molecule has 0 radical (unpaired) electrons. The molecule has 5 nitrogen and oxygen atoms in total. The van der Waals surface area contributed by atoms with E-state index in [-0.39, 0.29) is 16.1 Å². The van der Waals surface area contributed by atoms with Crippen molar-refractivity contribution in [2.45, 2.75) is 24.1 Å². The summed E-state index contributed by atoms with van der Waals surface area (Å²) in [5, 5.41) is 2.27. The average Bonchev–Trinajstić information content (AvgIpc) is 2.61. The number of nitrogens with one attached hydrogen (secondary N) is 1. The van der Waals surface area contributed by atoms with Gasteiger partial charge < -0.3 is 10.1 Å². The molecule has 2 rings (SSSR count). The summed E-state index contributed by atoms with van der Waals surface area (Å²) < 4.78 is 54.9. The summed E-state index contributed by atoms with van der Waals surface area (Å²) >= 11 is 0. The van der Waals surface area contributed by atoms with Gasteiger partial charge in [-0.25, -0.2) is 4.79 Å². The first-order valence-corrected chi connectivity index (χ1v) is 9.27. The molecule has 1 amide bonds. The summed E-state index contributed by atoms with van der Waals surface area (Å²) in [6.07, 6.45) is -4.42. The highest BCUT2D eigenvalue weighted by molar-refractivity contribution is 7.84. The molecule has 2 atom stereocenters. The van der Waals surface area contributed by atoms with Crippen molar-refractivity contribution in [1.29, 1.82) is 0 Å². The van der Waals surface area contributed by atoms with E-state index in [2.05, 4.69) is 5.32 Å². The molecule has 0 saturated heterocycles. The summed E-state index contributed by atoms with van der Waals surface area (Å²) in [5.41, 5.74) is -0.936. The van der Waals surface area contributed by atoms with Crippen LogP contribution in [0.1, 0.15) is 22.8 Å². The van der Waals surface area contributed by atoms with E-state index >= 15 is 0 Å². The highest BCUT2D eigenvalue weighted by Crippen LogP contribution is 2.30. The maximum Gasteiger partial charge on any atom is 0.416 e. The van der Waals surface area contributed by atoms with Gasteiger partial charge in [0, 0.05) is 11.9 Å². The van der Waals surface area contributed by atoms with Crippen molar-refractivity contribution in [2.75, 3.05) is 11.6 Å². The minimum Gasteiger partial charge on any atom is -0.449 e. The van der Waals surface area contributed by atoms with Gasteiger partial charge >= 0.3 is 12.1 Å². The van der Waals surface area contributed by atoms with Gasteiger partial charge in [0.15, 0.2) is 6.10 Å². The Morgan fingerprint density at radius 2 is 1.78 bits per heavy atom. The second-order valence-electron chi connectivity index (χ2n) is 5.57. The van der Waals surface area contributed by atoms with Gasteiger partial charge in [0.05, 0.1) is 26.8 Å². The lowest BCUT2D eigenvalue weighted by molar-refractivity contribution is -0.137. The van der Waals surface area contributed by atoms with Crippen LogP contribution >= 0.6 is 0 Å². The number of halogens is 3. The number of carbonyl (C=O) groups is 2. The van der Waals surface area contributed by atoms with Crippen LogP contribution in [-0.4, -0.2) is 28.4 Å². The van der Waals surface area contributed by atoms with Crippen molar-refractivity contribution in [3.8, 4) is 0 Å². The summed E-state index contributed by atoms with van der Waals surface area (Å²) in [4.78, 5) is 24.6. The van der Waals surface area contributed by atoms with Crippen LogP contribution in [0.2, 0.25) is 0 Å². The Hall–Kier alpha value is -2.68. The Morgan fingerprint density at radius 1 is 1.11 bits per heavy atom. The van der Waals surface area contributed by atoms with Crippen molar-refractivity contribution >= 4 is 28.4 Å². The van der Waals surface area contributed by atoms with E-state index < -0.39 is 40.5 Å². The first-order valence-electron chi connectivity index (χ1n) is 7.71. The summed E-state index contributed by atoms with van der Waals surface area (Å²) in [6.45, 7) is 1.28. The largest absolute Gasteiger partial charge is 0.449 e. The third-order valence-corrected chi connectivity index (χ3v) is 4.50. The predicted molar refractivity (Wildman–Crippen MR) is 93.7 cm³/mol. The Balaban J connectivity index is 2.08. The first kappa shape index (κ1) is 20.6. The molecular formula is C18H16F3NO4S. The Bertz CT molecular complexity index is 883. The molecule has 2 aromatic carbocycles.